The van der Waals surface area contributed by atoms with Crippen molar-refractivity contribution in [3.63, 3.8) is 0 Å². The van der Waals surface area contributed by atoms with E-state index in [9.17, 15) is 4.39 Å². The average Bonchev–Trinajstić information content (AvgIpc) is 2.48. The van der Waals surface area contributed by atoms with Crippen LogP contribution in [0.25, 0.3) is 22.0 Å². The van der Waals surface area contributed by atoms with Gasteiger partial charge in [0.25, 0.3) is 0 Å². The zero-order valence-electron chi connectivity index (χ0n) is 10.9. The van der Waals surface area contributed by atoms with Crippen LogP contribution in [0.5, 0.6) is 5.75 Å². The standard InChI is InChI=1S/C16H13FN2O/c1-20-14-7-6-13(18)15-11(8-9-19-16(14)15)10-4-2-3-5-12(10)17/h2-9H,18H2,1H3. The number of nitrogens with two attached hydrogens (primary N) is 1. The second-order valence-corrected chi connectivity index (χ2v) is 4.42. The summed E-state index contributed by atoms with van der Waals surface area (Å²) in [6.45, 7) is 0. The highest BCUT2D eigenvalue weighted by atomic mass is 19.1. The molecule has 0 aliphatic heterocycles. The Balaban J connectivity index is 2.41. The van der Waals surface area contributed by atoms with Crippen LogP contribution in [-0.2, 0) is 0 Å². The van der Waals surface area contributed by atoms with Crippen molar-refractivity contribution in [2.45, 2.75) is 0 Å². The summed E-state index contributed by atoms with van der Waals surface area (Å²) in [4.78, 5) is 4.30. The molecule has 0 aliphatic rings. The molecule has 4 heteroatoms. The SMILES string of the molecule is COc1ccc(N)c2c(-c3ccccc3F)ccnc12. The lowest BCUT2D eigenvalue weighted by atomic mass is 9.99. The molecule has 0 radical (unpaired) electrons. The lowest BCUT2D eigenvalue weighted by Crippen LogP contribution is -1.95. The van der Waals surface area contributed by atoms with Gasteiger partial charge in [-0.15, -0.1) is 0 Å². The number of nitrogen functional groups attached to an aromatic ring is 1. The molecule has 3 nitrogen and oxygen atoms in total. The molecule has 3 aromatic rings. The van der Waals surface area contributed by atoms with E-state index in [1.165, 1.54) is 6.07 Å². The first kappa shape index (κ1) is 12.4. The first-order valence-corrected chi connectivity index (χ1v) is 6.18. The number of benzene rings is 2. The molecule has 0 spiro atoms. The third-order valence-corrected chi connectivity index (χ3v) is 3.27. The van der Waals surface area contributed by atoms with Crippen molar-refractivity contribution in [1.29, 1.82) is 0 Å². The van der Waals surface area contributed by atoms with Crippen LogP contribution >= 0.6 is 0 Å². The van der Waals surface area contributed by atoms with E-state index in [4.69, 9.17) is 10.5 Å². The molecule has 1 aromatic heterocycles. The van der Waals surface area contributed by atoms with E-state index in [1.807, 2.05) is 0 Å². The normalized spacial score (nSPS) is 10.7. The number of anilines is 1. The molecular weight excluding hydrogens is 255 g/mol. The van der Waals surface area contributed by atoms with Gasteiger partial charge in [0.2, 0.25) is 0 Å². The van der Waals surface area contributed by atoms with E-state index in [0.29, 0.717) is 33.5 Å². The fourth-order valence-corrected chi connectivity index (χ4v) is 2.34. The third kappa shape index (κ3) is 1.86. The molecule has 20 heavy (non-hydrogen) atoms. The van der Waals surface area contributed by atoms with Gasteiger partial charge >= 0.3 is 0 Å². The minimum absolute atomic E-state index is 0.290. The van der Waals surface area contributed by atoms with E-state index < -0.39 is 0 Å². The predicted molar refractivity (Wildman–Crippen MR) is 78.1 cm³/mol. The molecule has 0 fully saturated rings. The molecule has 0 atom stereocenters. The lowest BCUT2D eigenvalue weighted by molar-refractivity contribution is 0.419. The van der Waals surface area contributed by atoms with Gasteiger partial charge in [-0.1, -0.05) is 18.2 Å². The Morgan fingerprint density at radius 1 is 1.05 bits per heavy atom. The Morgan fingerprint density at radius 3 is 2.60 bits per heavy atom. The number of ether oxygens (including phenoxy) is 1. The van der Waals surface area contributed by atoms with Crippen molar-refractivity contribution in [2.75, 3.05) is 12.8 Å². The van der Waals surface area contributed by atoms with Crippen molar-refractivity contribution in [2.24, 2.45) is 0 Å². The Hall–Kier alpha value is -2.62. The van der Waals surface area contributed by atoms with Gasteiger partial charge in [-0.2, -0.15) is 0 Å². The van der Waals surface area contributed by atoms with E-state index in [-0.39, 0.29) is 5.82 Å². The summed E-state index contributed by atoms with van der Waals surface area (Å²) in [7, 11) is 1.57. The van der Waals surface area contributed by atoms with Crippen LogP contribution in [0, 0.1) is 5.82 Å². The first-order chi connectivity index (χ1) is 9.72. The number of aromatic nitrogens is 1. The number of fused-ring (bicyclic) bond motifs is 1. The van der Waals surface area contributed by atoms with Gasteiger partial charge in [0.15, 0.2) is 0 Å². The summed E-state index contributed by atoms with van der Waals surface area (Å²) >= 11 is 0. The van der Waals surface area contributed by atoms with Gasteiger partial charge < -0.3 is 10.5 Å². The third-order valence-electron chi connectivity index (χ3n) is 3.27. The average molecular weight is 268 g/mol. The monoisotopic (exact) mass is 268 g/mol. The van der Waals surface area contributed by atoms with Crippen molar-refractivity contribution in [3.05, 3.63) is 54.5 Å². The van der Waals surface area contributed by atoms with Crippen molar-refractivity contribution in [3.8, 4) is 16.9 Å². The molecule has 0 bridgehead atoms. The topological polar surface area (TPSA) is 48.1 Å². The molecule has 0 aliphatic carbocycles. The minimum Gasteiger partial charge on any atom is -0.494 e. The maximum absolute atomic E-state index is 14.0. The zero-order valence-corrected chi connectivity index (χ0v) is 10.9. The quantitative estimate of drug-likeness (QED) is 0.722. The van der Waals surface area contributed by atoms with Crippen molar-refractivity contribution >= 4 is 16.6 Å². The van der Waals surface area contributed by atoms with Crippen molar-refractivity contribution < 1.29 is 9.13 Å². The van der Waals surface area contributed by atoms with Crippen molar-refractivity contribution in [1.82, 2.24) is 4.98 Å². The highest BCUT2D eigenvalue weighted by molar-refractivity contribution is 6.04. The lowest BCUT2D eigenvalue weighted by Gasteiger charge is -2.12. The van der Waals surface area contributed by atoms with Crippen LogP contribution in [0.2, 0.25) is 0 Å². The van der Waals surface area contributed by atoms with E-state index >= 15 is 0 Å². The van der Waals surface area contributed by atoms with Gasteiger partial charge in [-0.05, 0) is 29.8 Å². The van der Waals surface area contributed by atoms with Gasteiger partial charge in [0.05, 0.1) is 7.11 Å². The summed E-state index contributed by atoms with van der Waals surface area (Å²) in [5.41, 5.74) is 8.44. The van der Waals surface area contributed by atoms with E-state index in [1.54, 1.807) is 49.7 Å². The molecule has 0 saturated heterocycles. The number of hydrogen-bond donors (Lipinski definition) is 1. The maximum atomic E-state index is 14.0. The van der Waals surface area contributed by atoms with Gasteiger partial charge in [-0.25, -0.2) is 4.39 Å². The highest BCUT2D eigenvalue weighted by Gasteiger charge is 2.13. The molecule has 1 heterocycles. The highest BCUT2D eigenvalue weighted by Crippen LogP contribution is 2.36. The molecule has 2 N–H and O–H groups in total. The Bertz CT molecular complexity index is 787. The van der Waals surface area contributed by atoms with E-state index in [2.05, 4.69) is 4.98 Å². The Labute approximate surface area is 115 Å². The molecule has 0 saturated carbocycles. The summed E-state index contributed by atoms with van der Waals surface area (Å²) < 4.78 is 19.3. The Kier molecular flexibility index (Phi) is 2.99. The number of halogens is 1. The molecule has 100 valence electrons. The van der Waals surface area contributed by atoms with Crippen LogP contribution < -0.4 is 10.5 Å². The molecule has 0 unspecified atom stereocenters. The fraction of sp³-hybridized carbons (Fsp3) is 0.0625. The van der Waals surface area contributed by atoms with Gasteiger partial charge in [-0.3, -0.25) is 4.98 Å². The zero-order chi connectivity index (χ0) is 14.1. The van der Waals surface area contributed by atoms with Crippen LogP contribution in [0.4, 0.5) is 10.1 Å². The number of hydrogen-bond acceptors (Lipinski definition) is 3. The summed E-state index contributed by atoms with van der Waals surface area (Å²) in [6, 6.07) is 11.9. The van der Waals surface area contributed by atoms with Gasteiger partial charge in [0, 0.05) is 22.8 Å². The summed E-state index contributed by atoms with van der Waals surface area (Å²) in [5, 5.41) is 0.706. The molecule has 2 aromatic carbocycles. The van der Waals surface area contributed by atoms with Crippen LogP contribution in [0.3, 0.4) is 0 Å². The van der Waals surface area contributed by atoms with Crippen LogP contribution in [-0.4, -0.2) is 12.1 Å². The van der Waals surface area contributed by atoms with Gasteiger partial charge in [0.1, 0.15) is 17.1 Å². The second kappa shape index (κ2) is 4.81. The first-order valence-electron chi connectivity index (χ1n) is 6.18. The molecule has 0 amide bonds. The second-order valence-electron chi connectivity index (χ2n) is 4.42. The molecule has 3 rings (SSSR count). The molecular formula is C16H13FN2O. The number of nitrogens with zero attached hydrogens (tertiary/aromatic N) is 1. The van der Waals surface area contributed by atoms with Crippen LogP contribution in [0.15, 0.2) is 48.7 Å². The summed E-state index contributed by atoms with van der Waals surface area (Å²) in [5.74, 6) is 0.328. The minimum atomic E-state index is -0.290. The van der Waals surface area contributed by atoms with Crippen LogP contribution in [0.1, 0.15) is 0 Å². The Morgan fingerprint density at radius 2 is 1.85 bits per heavy atom. The number of pyridine rings is 1. The largest absolute Gasteiger partial charge is 0.494 e. The fourth-order valence-electron chi connectivity index (χ4n) is 2.34. The smallest absolute Gasteiger partial charge is 0.145 e. The maximum Gasteiger partial charge on any atom is 0.145 e. The number of methoxy groups -OCH3 is 1. The predicted octanol–water partition coefficient (Wildman–Crippen LogP) is 3.63. The summed E-state index contributed by atoms with van der Waals surface area (Å²) in [6.07, 6.45) is 1.63. The number of rotatable bonds is 2. The van der Waals surface area contributed by atoms with E-state index in [0.717, 1.165) is 0 Å².